The lowest BCUT2D eigenvalue weighted by molar-refractivity contribution is -0.120. The number of nitrogens with two attached hydrogens (primary N) is 1. The van der Waals surface area contributed by atoms with Crippen LogP contribution >= 0.6 is 34.7 Å². The van der Waals surface area contributed by atoms with E-state index in [-0.39, 0.29) is 11.8 Å². The molecule has 1 aromatic carbocycles. The van der Waals surface area contributed by atoms with Gasteiger partial charge in [0.15, 0.2) is 5.78 Å². The van der Waals surface area contributed by atoms with Crippen LogP contribution < -0.4 is 11.1 Å². The Balaban J connectivity index is 1.47. The van der Waals surface area contributed by atoms with E-state index in [4.69, 9.17) is 17.3 Å². The van der Waals surface area contributed by atoms with Crippen molar-refractivity contribution in [1.82, 2.24) is 9.47 Å². The lowest BCUT2D eigenvalue weighted by Gasteiger charge is -2.23. The van der Waals surface area contributed by atoms with Crippen LogP contribution in [-0.4, -0.2) is 45.0 Å². The molecule has 1 aliphatic heterocycles. The van der Waals surface area contributed by atoms with Gasteiger partial charge in [0.25, 0.3) is 0 Å². The minimum Gasteiger partial charge on any atom is -0.351 e. The number of nitrogens with one attached hydrogen (secondary N) is 1. The normalized spacial score (nSPS) is 16.2. The quantitative estimate of drug-likeness (QED) is 0.587. The minimum atomic E-state index is -0.634. The summed E-state index contributed by atoms with van der Waals surface area (Å²) in [5.74, 6) is 0.703. The number of urea groups is 1. The number of nitrogens with zero attached hydrogens (tertiary/aromatic N) is 2. The summed E-state index contributed by atoms with van der Waals surface area (Å²) in [6.07, 6.45) is 2.46. The minimum absolute atomic E-state index is 0.0109. The fourth-order valence-corrected chi connectivity index (χ4v) is 5.75. The SMILES string of the molecule is NC(=O)n1cc(NC(=O)N2CCS[C@H]2C(=O)CCc2ccc(Cl)s2)c2ccccc21. The summed E-state index contributed by atoms with van der Waals surface area (Å²) in [6, 6.07) is 9.90. The predicted octanol–water partition coefficient (Wildman–Crippen LogP) is 4.39. The van der Waals surface area contributed by atoms with Gasteiger partial charge in [-0.3, -0.25) is 9.36 Å². The number of fused-ring (bicyclic) bond motifs is 1. The molecule has 0 bridgehead atoms. The van der Waals surface area contributed by atoms with Gasteiger partial charge < -0.3 is 16.0 Å². The van der Waals surface area contributed by atoms with Gasteiger partial charge in [0.1, 0.15) is 5.37 Å². The highest BCUT2D eigenvalue weighted by Gasteiger charge is 2.34. The Morgan fingerprint density at radius 3 is 2.73 bits per heavy atom. The molecular weight excluding hydrogens is 444 g/mol. The largest absolute Gasteiger partial charge is 0.351 e. The van der Waals surface area contributed by atoms with Crippen LogP contribution in [0.1, 0.15) is 11.3 Å². The van der Waals surface area contributed by atoms with E-state index in [0.29, 0.717) is 46.1 Å². The third-order valence-corrected chi connectivity index (χ3v) is 7.41. The van der Waals surface area contributed by atoms with E-state index in [9.17, 15) is 14.4 Å². The average Bonchev–Trinajstić information content (AvgIpc) is 3.45. The molecule has 1 saturated heterocycles. The van der Waals surface area contributed by atoms with Crippen molar-refractivity contribution in [3.05, 3.63) is 51.8 Å². The zero-order valence-corrected chi connectivity index (χ0v) is 18.2. The zero-order chi connectivity index (χ0) is 21.3. The molecule has 7 nitrogen and oxygen atoms in total. The predicted molar refractivity (Wildman–Crippen MR) is 122 cm³/mol. The second-order valence-electron chi connectivity index (χ2n) is 6.79. The summed E-state index contributed by atoms with van der Waals surface area (Å²) in [5.41, 5.74) is 6.52. The highest BCUT2D eigenvalue weighted by Crippen LogP contribution is 2.30. The van der Waals surface area contributed by atoms with Crippen LogP contribution in [0.2, 0.25) is 4.34 Å². The summed E-state index contributed by atoms with van der Waals surface area (Å²) >= 11 is 8.87. The van der Waals surface area contributed by atoms with Gasteiger partial charge in [-0.05, 0) is 24.6 Å². The Morgan fingerprint density at radius 2 is 2.00 bits per heavy atom. The van der Waals surface area contributed by atoms with Gasteiger partial charge in [-0.2, -0.15) is 0 Å². The molecule has 3 amide bonds. The van der Waals surface area contributed by atoms with E-state index < -0.39 is 11.4 Å². The van der Waals surface area contributed by atoms with Crippen LogP contribution in [0, 0.1) is 0 Å². The van der Waals surface area contributed by atoms with Crippen LogP contribution in [0.4, 0.5) is 15.3 Å². The number of ketones is 1. The maximum Gasteiger partial charge on any atom is 0.323 e. The fourth-order valence-electron chi connectivity index (χ4n) is 3.45. The van der Waals surface area contributed by atoms with E-state index >= 15 is 0 Å². The molecule has 3 heterocycles. The molecule has 3 aromatic rings. The molecule has 0 saturated carbocycles. The highest BCUT2D eigenvalue weighted by atomic mass is 35.5. The Hall–Kier alpha value is -2.49. The van der Waals surface area contributed by atoms with Crippen molar-refractivity contribution in [1.29, 1.82) is 0 Å². The summed E-state index contributed by atoms with van der Waals surface area (Å²) in [4.78, 5) is 40.0. The summed E-state index contributed by atoms with van der Waals surface area (Å²) in [5, 5.41) is 3.02. The molecule has 30 heavy (non-hydrogen) atoms. The van der Waals surface area contributed by atoms with Gasteiger partial charge >= 0.3 is 12.1 Å². The molecule has 4 rings (SSSR count). The van der Waals surface area contributed by atoms with Crippen molar-refractivity contribution < 1.29 is 14.4 Å². The van der Waals surface area contributed by atoms with E-state index in [1.54, 1.807) is 23.1 Å². The number of Topliss-reactive ketones (excluding diaryl/α,β-unsaturated/α-hetero) is 1. The molecule has 0 radical (unpaired) electrons. The number of carbonyl (C=O) groups excluding carboxylic acids is 3. The topological polar surface area (TPSA) is 97.4 Å². The van der Waals surface area contributed by atoms with Gasteiger partial charge in [-0.1, -0.05) is 29.8 Å². The Labute approximate surface area is 186 Å². The van der Waals surface area contributed by atoms with Crippen LogP contribution in [-0.2, 0) is 11.2 Å². The van der Waals surface area contributed by atoms with Crippen LogP contribution in [0.5, 0.6) is 0 Å². The first kappa shape index (κ1) is 20.8. The number of halogens is 1. The third kappa shape index (κ3) is 4.19. The molecule has 10 heteroatoms. The molecule has 2 aromatic heterocycles. The van der Waals surface area contributed by atoms with Crippen molar-refractivity contribution in [2.75, 3.05) is 17.6 Å². The molecule has 0 unspecified atom stereocenters. The van der Waals surface area contributed by atoms with Crippen molar-refractivity contribution in [2.24, 2.45) is 5.73 Å². The van der Waals surface area contributed by atoms with E-state index in [1.165, 1.54) is 33.9 Å². The zero-order valence-electron chi connectivity index (χ0n) is 15.8. The van der Waals surface area contributed by atoms with Gasteiger partial charge in [-0.15, -0.1) is 23.1 Å². The second kappa shape index (κ2) is 8.71. The highest BCUT2D eigenvalue weighted by molar-refractivity contribution is 8.00. The molecular formula is C20H19ClN4O3S2. The standard InChI is InChI=1S/C20H19ClN4O3S2/c21-17-8-6-12(30-17)5-7-16(26)18-24(9-10-29-18)20(28)23-14-11-25(19(22)27)15-4-2-1-3-13(14)15/h1-4,6,8,11,18H,5,7,9-10H2,(H2,22,27)(H,23,28)/t18-/m0/s1. The first-order valence-corrected chi connectivity index (χ1v) is 11.5. The number of aromatic nitrogens is 1. The average molecular weight is 463 g/mol. The Kier molecular flexibility index (Phi) is 6.03. The number of thioether (sulfide) groups is 1. The Morgan fingerprint density at radius 1 is 1.20 bits per heavy atom. The van der Waals surface area contributed by atoms with Crippen molar-refractivity contribution >= 4 is 69.1 Å². The van der Waals surface area contributed by atoms with Crippen LogP contribution in [0.15, 0.2) is 42.6 Å². The van der Waals surface area contributed by atoms with Gasteiger partial charge in [0.2, 0.25) is 0 Å². The number of hydrogen-bond donors (Lipinski definition) is 2. The molecule has 1 aliphatic rings. The van der Waals surface area contributed by atoms with Crippen molar-refractivity contribution in [3.8, 4) is 0 Å². The maximum absolute atomic E-state index is 12.9. The number of anilines is 1. The fraction of sp³-hybridized carbons (Fsp3) is 0.250. The summed E-state index contributed by atoms with van der Waals surface area (Å²) in [7, 11) is 0. The monoisotopic (exact) mass is 462 g/mol. The number of carbonyl (C=O) groups is 3. The number of benzene rings is 1. The number of para-hydroxylation sites is 1. The summed E-state index contributed by atoms with van der Waals surface area (Å²) in [6.45, 7) is 0.478. The van der Waals surface area contributed by atoms with E-state index in [2.05, 4.69) is 5.32 Å². The molecule has 1 atom stereocenters. The smallest absolute Gasteiger partial charge is 0.323 e. The molecule has 1 fully saturated rings. The van der Waals surface area contributed by atoms with E-state index in [1.807, 2.05) is 18.2 Å². The molecule has 0 aliphatic carbocycles. The van der Waals surface area contributed by atoms with Crippen molar-refractivity contribution in [2.45, 2.75) is 18.2 Å². The Bertz CT molecular complexity index is 1130. The first-order valence-electron chi connectivity index (χ1n) is 9.30. The third-order valence-electron chi connectivity index (χ3n) is 4.86. The molecule has 3 N–H and O–H groups in total. The van der Waals surface area contributed by atoms with Gasteiger partial charge in [0.05, 0.1) is 15.5 Å². The second-order valence-corrected chi connectivity index (χ2v) is 9.77. The van der Waals surface area contributed by atoms with Crippen LogP contribution in [0.3, 0.4) is 0 Å². The maximum atomic E-state index is 12.9. The number of primary amides is 1. The van der Waals surface area contributed by atoms with Gasteiger partial charge in [-0.25, -0.2) is 9.59 Å². The van der Waals surface area contributed by atoms with Crippen LogP contribution in [0.25, 0.3) is 10.9 Å². The lowest BCUT2D eigenvalue weighted by atomic mass is 10.2. The van der Waals surface area contributed by atoms with Crippen molar-refractivity contribution in [3.63, 3.8) is 0 Å². The summed E-state index contributed by atoms with van der Waals surface area (Å²) < 4.78 is 1.99. The number of thiophene rings is 1. The lowest BCUT2D eigenvalue weighted by Crippen LogP contribution is -2.42. The number of aryl methyl sites for hydroxylation is 1. The first-order chi connectivity index (χ1) is 14.4. The molecule has 156 valence electrons. The number of hydrogen-bond acceptors (Lipinski definition) is 5. The number of rotatable bonds is 5. The van der Waals surface area contributed by atoms with E-state index in [0.717, 1.165) is 4.88 Å². The molecule has 0 spiro atoms. The van der Waals surface area contributed by atoms with Gasteiger partial charge in [0, 0.05) is 35.2 Å². The number of amides is 3.